The van der Waals surface area contributed by atoms with E-state index in [2.05, 4.69) is 16.4 Å². The summed E-state index contributed by atoms with van der Waals surface area (Å²) in [6.07, 6.45) is 1.65. The van der Waals surface area contributed by atoms with Crippen LogP contribution in [0.5, 0.6) is 11.5 Å². The number of nitriles is 1. The number of rotatable bonds is 3. The first-order valence-corrected chi connectivity index (χ1v) is 5.14. The average molecular weight is 225 g/mol. The Morgan fingerprint density at radius 3 is 2.88 bits per heavy atom. The fourth-order valence-corrected chi connectivity index (χ4v) is 1.39. The number of hydrogen-bond acceptors (Lipinski definition) is 4. The maximum atomic E-state index is 8.94. The van der Waals surface area contributed by atoms with Gasteiger partial charge in [-0.1, -0.05) is 12.1 Å². The van der Waals surface area contributed by atoms with Crippen molar-refractivity contribution in [2.75, 3.05) is 12.4 Å². The summed E-state index contributed by atoms with van der Waals surface area (Å²) in [5.74, 6) is 1.91. The molecule has 0 aliphatic rings. The molecule has 0 bridgehead atoms. The minimum absolute atomic E-state index is 0.510. The SMILES string of the molecule is CNc1cc(Oc2ccccc2C#N)ccn1. The van der Waals surface area contributed by atoms with Gasteiger partial charge in [0.25, 0.3) is 0 Å². The molecule has 2 rings (SSSR count). The smallest absolute Gasteiger partial charge is 0.145 e. The van der Waals surface area contributed by atoms with Crippen molar-refractivity contribution >= 4 is 5.82 Å². The van der Waals surface area contributed by atoms with Crippen molar-refractivity contribution in [1.82, 2.24) is 4.98 Å². The third-order valence-corrected chi connectivity index (χ3v) is 2.22. The number of anilines is 1. The maximum absolute atomic E-state index is 8.94. The third-order valence-electron chi connectivity index (χ3n) is 2.22. The average Bonchev–Trinajstić information content (AvgIpc) is 2.39. The van der Waals surface area contributed by atoms with Gasteiger partial charge < -0.3 is 10.1 Å². The van der Waals surface area contributed by atoms with Crippen LogP contribution in [-0.4, -0.2) is 12.0 Å². The summed E-state index contributed by atoms with van der Waals surface area (Å²) < 4.78 is 5.64. The lowest BCUT2D eigenvalue weighted by Gasteiger charge is -2.07. The van der Waals surface area contributed by atoms with Crippen molar-refractivity contribution in [2.24, 2.45) is 0 Å². The minimum Gasteiger partial charge on any atom is -0.456 e. The molecule has 0 spiro atoms. The van der Waals surface area contributed by atoms with Gasteiger partial charge in [-0.15, -0.1) is 0 Å². The van der Waals surface area contributed by atoms with Crippen LogP contribution in [0.15, 0.2) is 42.6 Å². The predicted octanol–water partition coefficient (Wildman–Crippen LogP) is 2.79. The van der Waals surface area contributed by atoms with E-state index in [1.54, 1.807) is 43.6 Å². The number of para-hydroxylation sites is 1. The summed E-state index contributed by atoms with van der Waals surface area (Å²) in [7, 11) is 1.79. The molecular weight excluding hydrogens is 214 g/mol. The number of nitrogens with one attached hydrogen (secondary N) is 1. The molecule has 0 saturated heterocycles. The Balaban J connectivity index is 2.28. The summed E-state index contributed by atoms with van der Waals surface area (Å²) in [6.45, 7) is 0. The van der Waals surface area contributed by atoms with Crippen molar-refractivity contribution < 1.29 is 4.74 Å². The van der Waals surface area contributed by atoms with Gasteiger partial charge in [-0.25, -0.2) is 4.98 Å². The molecule has 0 fully saturated rings. The second kappa shape index (κ2) is 4.99. The maximum Gasteiger partial charge on any atom is 0.145 e. The predicted molar refractivity (Wildman–Crippen MR) is 65.0 cm³/mol. The van der Waals surface area contributed by atoms with Crippen molar-refractivity contribution in [3.63, 3.8) is 0 Å². The van der Waals surface area contributed by atoms with Crippen molar-refractivity contribution in [3.8, 4) is 17.6 Å². The summed E-state index contributed by atoms with van der Waals surface area (Å²) in [5, 5.41) is 11.9. The molecule has 1 heterocycles. The van der Waals surface area contributed by atoms with E-state index in [9.17, 15) is 0 Å². The molecule has 0 saturated carbocycles. The molecule has 0 aliphatic heterocycles. The van der Waals surface area contributed by atoms with E-state index >= 15 is 0 Å². The minimum atomic E-state index is 0.510. The number of benzene rings is 1. The summed E-state index contributed by atoms with van der Waals surface area (Å²) in [5.41, 5.74) is 0.510. The standard InChI is InChI=1S/C13H11N3O/c1-15-13-8-11(6-7-16-13)17-12-5-3-2-4-10(12)9-14/h2-8H,1H3,(H,15,16). The van der Waals surface area contributed by atoms with E-state index in [-0.39, 0.29) is 0 Å². The van der Waals surface area contributed by atoms with Crippen LogP contribution < -0.4 is 10.1 Å². The molecule has 0 atom stereocenters. The highest BCUT2D eigenvalue weighted by Crippen LogP contribution is 2.25. The Morgan fingerprint density at radius 1 is 1.29 bits per heavy atom. The highest BCUT2D eigenvalue weighted by molar-refractivity contribution is 5.47. The van der Waals surface area contributed by atoms with E-state index < -0.39 is 0 Å². The summed E-state index contributed by atoms with van der Waals surface area (Å²) in [4.78, 5) is 4.09. The first-order chi connectivity index (χ1) is 8.33. The topological polar surface area (TPSA) is 57.9 Å². The number of pyridine rings is 1. The zero-order valence-corrected chi connectivity index (χ0v) is 9.34. The Kier molecular flexibility index (Phi) is 3.22. The molecular formula is C13H11N3O. The third kappa shape index (κ3) is 2.52. The van der Waals surface area contributed by atoms with Gasteiger partial charge in [0.1, 0.15) is 23.4 Å². The fourth-order valence-electron chi connectivity index (χ4n) is 1.39. The molecule has 4 nitrogen and oxygen atoms in total. The van der Waals surface area contributed by atoms with E-state index in [1.165, 1.54) is 0 Å². The van der Waals surface area contributed by atoms with Gasteiger partial charge in [0.2, 0.25) is 0 Å². The van der Waals surface area contributed by atoms with Gasteiger partial charge >= 0.3 is 0 Å². The van der Waals surface area contributed by atoms with Crippen molar-refractivity contribution in [3.05, 3.63) is 48.2 Å². The normalized spacial score (nSPS) is 9.41. The molecule has 1 aromatic carbocycles. The molecule has 4 heteroatoms. The number of hydrogen-bond donors (Lipinski definition) is 1. The molecule has 1 N–H and O–H groups in total. The van der Waals surface area contributed by atoms with Crippen LogP contribution in [0, 0.1) is 11.3 Å². The second-order valence-electron chi connectivity index (χ2n) is 3.34. The van der Waals surface area contributed by atoms with Gasteiger partial charge in [0.05, 0.1) is 5.56 Å². The molecule has 1 aromatic heterocycles. The zero-order chi connectivity index (χ0) is 12.1. The first-order valence-electron chi connectivity index (χ1n) is 5.14. The first kappa shape index (κ1) is 11.0. The molecule has 0 aliphatic carbocycles. The van der Waals surface area contributed by atoms with Crippen LogP contribution >= 0.6 is 0 Å². The zero-order valence-electron chi connectivity index (χ0n) is 9.34. The molecule has 0 unspecified atom stereocenters. The van der Waals surface area contributed by atoms with E-state index in [0.29, 0.717) is 17.1 Å². The highest BCUT2D eigenvalue weighted by Gasteiger charge is 2.03. The lowest BCUT2D eigenvalue weighted by molar-refractivity contribution is 0.480. The number of aromatic nitrogens is 1. The molecule has 84 valence electrons. The number of nitrogens with zero attached hydrogens (tertiary/aromatic N) is 2. The Bertz CT molecular complexity index is 561. The largest absolute Gasteiger partial charge is 0.456 e. The van der Waals surface area contributed by atoms with Crippen molar-refractivity contribution in [2.45, 2.75) is 0 Å². The van der Waals surface area contributed by atoms with Gasteiger partial charge in [-0.3, -0.25) is 0 Å². The van der Waals surface area contributed by atoms with Crippen LogP contribution in [0.3, 0.4) is 0 Å². The quantitative estimate of drug-likeness (QED) is 0.872. The van der Waals surface area contributed by atoms with Crippen LogP contribution in [0.4, 0.5) is 5.82 Å². The monoisotopic (exact) mass is 225 g/mol. The second-order valence-corrected chi connectivity index (χ2v) is 3.34. The molecule has 0 amide bonds. The van der Waals surface area contributed by atoms with Gasteiger partial charge in [-0.05, 0) is 18.2 Å². The Labute approximate surface area is 99.5 Å². The lowest BCUT2D eigenvalue weighted by Crippen LogP contribution is -1.93. The van der Waals surface area contributed by atoms with Crippen molar-refractivity contribution in [1.29, 1.82) is 5.26 Å². The highest BCUT2D eigenvalue weighted by atomic mass is 16.5. The van der Waals surface area contributed by atoms with Crippen LogP contribution in [0.1, 0.15) is 5.56 Å². The van der Waals surface area contributed by atoms with E-state index in [4.69, 9.17) is 10.00 Å². The van der Waals surface area contributed by atoms with Crippen LogP contribution in [-0.2, 0) is 0 Å². The molecule has 0 radical (unpaired) electrons. The molecule has 17 heavy (non-hydrogen) atoms. The molecule has 2 aromatic rings. The van der Waals surface area contributed by atoms with Gasteiger partial charge in [-0.2, -0.15) is 5.26 Å². The summed E-state index contributed by atoms with van der Waals surface area (Å²) >= 11 is 0. The van der Waals surface area contributed by atoms with E-state index in [0.717, 1.165) is 5.82 Å². The fraction of sp³-hybridized carbons (Fsp3) is 0.0769. The number of ether oxygens (including phenoxy) is 1. The van der Waals surface area contributed by atoms with Crippen LogP contribution in [0.2, 0.25) is 0 Å². The Hall–Kier alpha value is -2.54. The van der Waals surface area contributed by atoms with Gasteiger partial charge in [0, 0.05) is 19.3 Å². The Morgan fingerprint density at radius 2 is 2.12 bits per heavy atom. The van der Waals surface area contributed by atoms with Gasteiger partial charge in [0.15, 0.2) is 0 Å². The van der Waals surface area contributed by atoms with Crippen LogP contribution in [0.25, 0.3) is 0 Å². The summed E-state index contributed by atoms with van der Waals surface area (Å²) in [6, 6.07) is 12.7. The van der Waals surface area contributed by atoms with E-state index in [1.807, 2.05) is 6.07 Å². The lowest BCUT2D eigenvalue weighted by atomic mass is 10.2.